The van der Waals surface area contributed by atoms with Crippen LogP contribution in [0.3, 0.4) is 0 Å². The second-order valence-electron chi connectivity index (χ2n) is 6.67. The lowest BCUT2D eigenvalue weighted by Crippen LogP contribution is -2.46. The van der Waals surface area contributed by atoms with Gasteiger partial charge in [-0.3, -0.25) is 4.90 Å². The van der Waals surface area contributed by atoms with Crippen molar-refractivity contribution in [2.75, 3.05) is 31.1 Å². The fourth-order valence-electron chi connectivity index (χ4n) is 3.48. The summed E-state index contributed by atoms with van der Waals surface area (Å²) in [6.45, 7) is 6.69. The van der Waals surface area contributed by atoms with Crippen LogP contribution >= 0.6 is 0 Å². The molecule has 0 bridgehead atoms. The number of anilines is 1. The molecule has 1 saturated heterocycles. The minimum Gasteiger partial charge on any atom is -0.353 e. The van der Waals surface area contributed by atoms with Gasteiger partial charge in [-0.2, -0.15) is 4.52 Å². The zero-order valence-corrected chi connectivity index (χ0v) is 14.7. The lowest BCUT2D eigenvalue weighted by molar-refractivity contribution is 0.247. The van der Waals surface area contributed by atoms with Crippen molar-refractivity contribution in [3.63, 3.8) is 0 Å². The standard InChI is InChI=1S/C18H20N8/c1-14-20-21-17-5-6-18(22-26(14)17)24-10-8-23(9-11-24)12-15-13-25-7-3-2-4-16(25)19-15/h2-7,13H,8-12H2,1H3. The molecular weight excluding hydrogens is 328 g/mol. The third kappa shape index (κ3) is 2.68. The summed E-state index contributed by atoms with van der Waals surface area (Å²) >= 11 is 0. The van der Waals surface area contributed by atoms with E-state index in [4.69, 9.17) is 4.98 Å². The maximum absolute atomic E-state index is 4.70. The van der Waals surface area contributed by atoms with E-state index in [-0.39, 0.29) is 0 Å². The van der Waals surface area contributed by atoms with Crippen LogP contribution in [-0.2, 0) is 6.54 Å². The lowest BCUT2D eigenvalue weighted by atomic mass is 10.3. The van der Waals surface area contributed by atoms with Crippen molar-refractivity contribution in [3.8, 4) is 0 Å². The number of imidazole rings is 1. The molecule has 1 aliphatic rings. The van der Waals surface area contributed by atoms with E-state index in [1.807, 2.05) is 43.5 Å². The van der Waals surface area contributed by atoms with Gasteiger partial charge in [-0.25, -0.2) is 4.98 Å². The number of aromatic nitrogens is 6. The summed E-state index contributed by atoms with van der Waals surface area (Å²) in [7, 11) is 0. The van der Waals surface area contributed by atoms with Crippen LogP contribution < -0.4 is 4.90 Å². The lowest BCUT2D eigenvalue weighted by Gasteiger charge is -2.34. The number of rotatable bonds is 3. The van der Waals surface area contributed by atoms with E-state index >= 15 is 0 Å². The summed E-state index contributed by atoms with van der Waals surface area (Å²) in [6.07, 6.45) is 4.16. The van der Waals surface area contributed by atoms with Crippen molar-refractivity contribution in [2.24, 2.45) is 0 Å². The number of piperazine rings is 1. The highest BCUT2D eigenvalue weighted by Crippen LogP contribution is 2.16. The highest BCUT2D eigenvalue weighted by atomic mass is 15.4. The van der Waals surface area contributed by atoms with Gasteiger partial charge in [0, 0.05) is 45.1 Å². The van der Waals surface area contributed by atoms with E-state index in [1.54, 1.807) is 4.52 Å². The molecule has 0 aromatic carbocycles. The summed E-state index contributed by atoms with van der Waals surface area (Å²) in [5, 5.41) is 12.8. The Morgan fingerprint density at radius 1 is 0.962 bits per heavy atom. The second kappa shape index (κ2) is 6.06. The van der Waals surface area contributed by atoms with Crippen molar-refractivity contribution < 1.29 is 0 Å². The fraction of sp³-hybridized carbons (Fsp3) is 0.333. The number of aryl methyl sites for hydroxylation is 1. The first kappa shape index (κ1) is 15.3. The van der Waals surface area contributed by atoms with Crippen LogP contribution in [-0.4, -0.2) is 60.3 Å². The molecule has 0 N–H and O–H groups in total. The van der Waals surface area contributed by atoms with Crippen molar-refractivity contribution in [1.29, 1.82) is 0 Å². The number of nitrogens with zero attached hydrogens (tertiary/aromatic N) is 8. The van der Waals surface area contributed by atoms with Gasteiger partial charge in [0.05, 0.1) is 5.69 Å². The molecule has 0 saturated carbocycles. The maximum Gasteiger partial charge on any atom is 0.178 e. The molecule has 5 heterocycles. The van der Waals surface area contributed by atoms with Crippen LogP contribution in [0.25, 0.3) is 11.3 Å². The molecule has 0 spiro atoms. The maximum atomic E-state index is 4.70. The molecule has 0 radical (unpaired) electrons. The Labute approximate surface area is 150 Å². The molecule has 0 unspecified atom stereocenters. The summed E-state index contributed by atoms with van der Waals surface area (Å²) < 4.78 is 3.88. The summed E-state index contributed by atoms with van der Waals surface area (Å²) in [5.41, 5.74) is 2.91. The smallest absolute Gasteiger partial charge is 0.178 e. The van der Waals surface area contributed by atoms with E-state index in [1.165, 1.54) is 0 Å². The van der Waals surface area contributed by atoms with Crippen LogP contribution in [0.4, 0.5) is 5.82 Å². The van der Waals surface area contributed by atoms with Gasteiger partial charge in [0.15, 0.2) is 11.5 Å². The monoisotopic (exact) mass is 348 g/mol. The van der Waals surface area contributed by atoms with Gasteiger partial charge >= 0.3 is 0 Å². The first-order valence-electron chi connectivity index (χ1n) is 8.85. The average molecular weight is 348 g/mol. The molecule has 0 atom stereocenters. The molecule has 0 amide bonds. The molecule has 1 fully saturated rings. The average Bonchev–Trinajstić information content (AvgIpc) is 3.25. The summed E-state index contributed by atoms with van der Waals surface area (Å²) in [6, 6.07) is 10.1. The molecule has 8 nitrogen and oxygen atoms in total. The summed E-state index contributed by atoms with van der Waals surface area (Å²) in [4.78, 5) is 9.46. The normalized spacial score (nSPS) is 16.0. The van der Waals surface area contributed by atoms with Crippen molar-refractivity contribution in [1.82, 2.24) is 34.1 Å². The molecule has 4 aromatic rings. The third-order valence-corrected chi connectivity index (χ3v) is 4.90. The fourth-order valence-corrected chi connectivity index (χ4v) is 3.48. The minimum atomic E-state index is 0.789. The van der Waals surface area contributed by atoms with E-state index < -0.39 is 0 Å². The Kier molecular flexibility index (Phi) is 3.56. The first-order chi connectivity index (χ1) is 12.8. The molecular formula is C18H20N8. The van der Waals surface area contributed by atoms with Gasteiger partial charge in [-0.1, -0.05) is 6.07 Å². The van der Waals surface area contributed by atoms with Gasteiger partial charge in [-0.15, -0.1) is 15.3 Å². The zero-order chi connectivity index (χ0) is 17.5. The van der Waals surface area contributed by atoms with Gasteiger partial charge in [0.1, 0.15) is 11.5 Å². The topological polar surface area (TPSA) is 66.9 Å². The predicted molar refractivity (Wildman–Crippen MR) is 98.2 cm³/mol. The van der Waals surface area contributed by atoms with Gasteiger partial charge in [0.2, 0.25) is 0 Å². The van der Waals surface area contributed by atoms with E-state index in [2.05, 4.69) is 35.7 Å². The van der Waals surface area contributed by atoms with E-state index in [0.29, 0.717) is 0 Å². The molecule has 0 aliphatic carbocycles. The Balaban J connectivity index is 1.27. The number of hydrogen-bond donors (Lipinski definition) is 0. The predicted octanol–water partition coefficient (Wildman–Crippen LogP) is 1.40. The largest absolute Gasteiger partial charge is 0.353 e. The van der Waals surface area contributed by atoms with Gasteiger partial charge in [0.25, 0.3) is 0 Å². The zero-order valence-electron chi connectivity index (χ0n) is 14.7. The highest BCUT2D eigenvalue weighted by molar-refractivity contribution is 5.46. The third-order valence-electron chi connectivity index (χ3n) is 4.90. The van der Waals surface area contributed by atoms with Crippen LogP contribution in [0, 0.1) is 6.92 Å². The number of pyridine rings is 1. The summed E-state index contributed by atoms with van der Waals surface area (Å²) in [5.74, 6) is 1.79. The molecule has 132 valence electrons. The van der Waals surface area contributed by atoms with Crippen LogP contribution in [0.1, 0.15) is 11.5 Å². The quantitative estimate of drug-likeness (QED) is 0.558. The molecule has 1 aliphatic heterocycles. The molecule has 26 heavy (non-hydrogen) atoms. The Morgan fingerprint density at radius 2 is 1.85 bits per heavy atom. The SMILES string of the molecule is Cc1nnc2ccc(N3CCN(Cc4cn5ccccc5n4)CC3)nn12. The Hall–Kier alpha value is -3.00. The van der Waals surface area contributed by atoms with Crippen LogP contribution in [0.2, 0.25) is 0 Å². The molecule has 8 heteroatoms. The van der Waals surface area contributed by atoms with Crippen LogP contribution in [0.15, 0.2) is 42.7 Å². The van der Waals surface area contributed by atoms with Gasteiger partial charge in [-0.05, 0) is 31.2 Å². The second-order valence-corrected chi connectivity index (χ2v) is 6.67. The van der Waals surface area contributed by atoms with E-state index in [9.17, 15) is 0 Å². The minimum absolute atomic E-state index is 0.789. The number of hydrogen-bond acceptors (Lipinski definition) is 6. The van der Waals surface area contributed by atoms with Crippen molar-refractivity contribution >= 4 is 17.1 Å². The van der Waals surface area contributed by atoms with Crippen LogP contribution in [0.5, 0.6) is 0 Å². The Bertz CT molecular complexity index is 1020. The van der Waals surface area contributed by atoms with Gasteiger partial charge < -0.3 is 9.30 Å². The molecule has 4 aromatic heterocycles. The first-order valence-corrected chi connectivity index (χ1v) is 8.85. The Morgan fingerprint density at radius 3 is 2.69 bits per heavy atom. The van der Waals surface area contributed by atoms with E-state index in [0.717, 1.165) is 61.4 Å². The van der Waals surface area contributed by atoms with Crippen molar-refractivity contribution in [3.05, 3.63) is 54.2 Å². The number of fused-ring (bicyclic) bond motifs is 2. The van der Waals surface area contributed by atoms with Crippen molar-refractivity contribution in [2.45, 2.75) is 13.5 Å². The molecule has 5 rings (SSSR count). The highest BCUT2D eigenvalue weighted by Gasteiger charge is 2.19.